The van der Waals surface area contributed by atoms with E-state index in [0.29, 0.717) is 5.69 Å². The maximum atomic E-state index is 11.0. The van der Waals surface area contributed by atoms with Crippen LogP contribution >= 0.6 is 0 Å². The number of carbonyl (C=O) groups is 2. The molecule has 0 aliphatic carbocycles. The van der Waals surface area contributed by atoms with Crippen LogP contribution in [0.25, 0.3) is 10.9 Å². The van der Waals surface area contributed by atoms with Crippen molar-refractivity contribution in [2.24, 2.45) is 5.73 Å². The van der Waals surface area contributed by atoms with E-state index in [1.54, 1.807) is 10.6 Å². The topological polar surface area (TPSA) is 85.3 Å². The molecule has 0 aliphatic rings. The number of carbonyl (C=O) groups excluding carboxylic acids is 1. The predicted molar refractivity (Wildman–Crippen MR) is 62.5 cm³/mol. The van der Waals surface area contributed by atoms with Gasteiger partial charge in [0.15, 0.2) is 0 Å². The van der Waals surface area contributed by atoms with E-state index in [-0.39, 0.29) is 13.0 Å². The molecule has 0 saturated heterocycles. The number of para-hydroxylation sites is 1. The normalized spacial score (nSPS) is 10.6. The fourth-order valence-corrected chi connectivity index (χ4v) is 1.91. The van der Waals surface area contributed by atoms with Crippen molar-refractivity contribution in [1.82, 2.24) is 4.57 Å². The number of nitrogens with two attached hydrogens (primary N) is 1. The highest BCUT2D eigenvalue weighted by Gasteiger charge is 2.12. The number of amides is 1. The summed E-state index contributed by atoms with van der Waals surface area (Å²) in [6, 6.07) is 9.18. The zero-order valence-corrected chi connectivity index (χ0v) is 9.09. The minimum absolute atomic E-state index is 0.00384. The molecule has 5 heteroatoms. The van der Waals surface area contributed by atoms with Gasteiger partial charge < -0.3 is 15.4 Å². The molecule has 0 spiro atoms. The summed E-state index contributed by atoms with van der Waals surface area (Å²) >= 11 is 0. The number of nitrogens with zero attached hydrogens (tertiary/aromatic N) is 1. The third-order valence-electron chi connectivity index (χ3n) is 2.54. The van der Waals surface area contributed by atoms with Gasteiger partial charge in [-0.15, -0.1) is 0 Å². The van der Waals surface area contributed by atoms with Crippen LogP contribution in [0.15, 0.2) is 30.3 Å². The van der Waals surface area contributed by atoms with Gasteiger partial charge in [0, 0.05) is 11.2 Å². The molecule has 0 aliphatic heterocycles. The molecule has 88 valence electrons. The van der Waals surface area contributed by atoms with E-state index in [4.69, 9.17) is 10.8 Å². The molecule has 5 nitrogen and oxygen atoms in total. The van der Waals surface area contributed by atoms with Crippen LogP contribution in [0.5, 0.6) is 0 Å². The number of carboxylic acid groups (broad SMARTS) is 1. The summed E-state index contributed by atoms with van der Waals surface area (Å²) in [7, 11) is 0. The van der Waals surface area contributed by atoms with Crippen LogP contribution in [0.3, 0.4) is 0 Å². The third kappa shape index (κ3) is 2.28. The molecule has 1 heterocycles. The Hall–Kier alpha value is -2.30. The molecule has 1 aromatic heterocycles. The van der Waals surface area contributed by atoms with Crippen LogP contribution in [0.4, 0.5) is 0 Å². The van der Waals surface area contributed by atoms with Crippen LogP contribution in [-0.2, 0) is 22.6 Å². The van der Waals surface area contributed by atoms with E-state index >= 15 is 0 Å². The predicted octanol–water partition coefficient (Wildman–Crippen LogP) is 0.754. The van der Waals surface area contributed by atoms with Crippen LogP contribution in [0.1, 0.15) is 5.69 Å². The SMILES string of the molecule is NC(=O)Cn1c(CC(=O)O)cc2ccccc21. The maximum absolute atomic E-state index is 11.0. The van der Waals surface area contributed by atoms with Crippen LogP contribution < -0.4 is 5.73 Å². The second kappa shape index (κ2) is 4.29. The molecule has 0 unspecified atom stereocenters. The summed E-state index contributed by atoms with van der Waals surface area (Å²) in [5.41, 5.74) is 6.57. The average molecular weight is 232 g/mol. The molecule has 0 bridgehead atoms. The Bertz CT molecular complexity index is 586. The van der Waals surface area contributed by atoms with E-state index in [9.17, 15) is 9.59 Å². The van der Waals surface area contributed by atoms with Gasteiger partial charge >= 0.3 is 5.97 Å². The van der Waals surface area contributed by atoms with E-state index in [1.807, 2.05) is 24.3 Å². The zero-order valence-electron chi connectivity index (χ0n) is 9.09. The number of benzene rings is 1. The molecule has 1 amide bonds. The standard InChI is InChI=1S/C12H12N2O3/c13-11(15)7-14-9(6-12(16)17)5-8-3-1-2-4-10(8)14/h1-5H,6-7H2,(H2,13,15)(H,16,17). The lowest BCUT2D eigenvalue weighted by atomic mass is 10.2. The smallest absolute Gasteiger partial charge is 0.309 e. The van der Waals surface area contributed by atoms with Crippen molar-refractivity contribution in [3.05, 3.63) is 36.0 Å². The number of hydrogen-bond donors (Lipinski definition) is 2. The van der Waals surface area contributed by atoms with Gasteiger partial charge in [0.25, 0.3) is 0 Å². The highest BCUT2D eigenvalue weighted by Crippen LogP contribution is 2.20. The van der Waals surface area contributed by atoms with Crippen LogP contribution in [0.2, 0.25) is 0 Å². The Balaban J connectivity index is 2.56. The number of aromatic nitrogens is 1. The molecule has 2 aromatic rings. The van der Waals surface area contributed by atoms with Gasteiger partial charge in [0.1, 0.15) is 6.54 Å². The lowest BCUT2D eigenvalue weighted by Gasteiger charge is -2.06. The highest BCUT2D eigenvalue weighted by molar-refractivity contribution is 5.85. The van der Waals surface area contributed by atoms with Gasteiger partial charge in [0.2, 0.25) is 5.91 Å². The molecule has 3 N–H and O–H groups in total. The number of rotatable bonds is 4. The van der Waals surface area contributed by atoms with Crippen molar-refractivity contribution in [1.29, 1.82) is 0 Å². The maximum Gasteiger partial charge on any atom is 0.309 e. The van der Waals surface area contributed by atoms with E-state index in [2.05, 4.69) is 0 Å². The van der Waals surface area contributed by atoms with Gasteiger partial charge in [-0.05, 0) is 17.5 Å². The van der Waals surface area contributed by atoms with Crippen molar-refractivity contribution in [2.45, 2.75) is 13.0 Å². The molecule has 17 heavy (non-hydrogen) atoms. The van der Waals surface area contributed by atoms with E-state index < -0.39 is 11.9 Å². The fraction of sp³-hybridized carbons (Fsp3) is 0.167. The van der Waals surface area contributed by atoms with Crippen molar-refractivity contribution >= 4 is 22.8 Å². The highest BCUT2D eigenvalue weighted by atomic mass is 16.4. The first-order chi connectivity index (χ1) is 8.08. The van der Waals surface area contributed by atoms with Gasteiger partial charge in [-0.1, -0.05) is 18.2 Å². The van der Waals surface area contributed by atoms with Crippen molar-refractivity contribution in [3.8, 4) is 0 Å². The summed E-state index contributed by atoms with van der Waals surface area (Å²) < 4.78 is 1.64. The quantitative estimate of drug-likeness (QED) is 0.815. The largest absolute Gasteiger partial charge is 0.481 e. The van der Waals surface area contributed by atoms with Gasteiger partial charge in [0.05, 0.1) is 6.42 Å². The van der Waals surface area contributed by atoms with Gasteiger partial charge in [-0.2, -0.15) is 0 Å². The minimum Gasteiger partial charge on any atom is -0.481 e. The third-order valence-corrected chi connectivity index (χ3v) is 2.54. The summed E-state index contributed by atoms with van der Waals surface area (Å²) in [6.07, 6.45) is -0.123. The Labute approximate surface area is 97.4 Å². The summed E-state index contributed by atoms with van der Waals surface area (Å²) in [5, 5.41) is 9.73. The van der Waals surface area contributed by atoms with Gasteiger partial charge in [-0.25, -0.2) is 0 Å². The van der Waals surface area contributed by atoms with Crippen LogP contribution in [-0.4, -0.2) is 21.6 Å². The number of carboxylic acids is 1. The van der Waals surface area contributed by atoms with E-state index in [1.165, 1.54) is 0 Å². The number of hydrogen-bond acceptors (Lipinski definition) is 2. The Morgan fingerprint density at radius 2 is 2.00 bits per heavy atom. The zero-order chi connectivity index (χ0) is 12.4. The lowest BCUT2D eigenvalue weighted by Crippen LogP contribution is -2.20. The summed E-state index contributed by atoms with van der Waals surface area (Å²) in [5.74, 6) is -1.42. The minimum atomic E-state index is -0.932. The Morgan fingerprint density at radius 1 is 1.29 bits per heavy atom. The Kier molecular flexibility index (Phi) is 2.82. The van der Waals surface area contributed by atoms with E-state index in [0.717, 1.165) is 10.9 Å². The Morgan fingerprint density at radius 3 is 2.65 bits per heavy atom. The molecule has 0 atom stereocenters. The summed E-state index contributed by atoms with van der Waals surface area (Å²) in [4.78, 5) is 21.8. The molecule has 2 rings (SSSR count). The first kappa shape index (κ1) is 11.2. The monoisotopic (exact) mass is 232 g/mol. The fourth-order valence-electron chi connectivity index (χ4n) is 1.91. The van der Waals surface area contributed by atoms with Crippen molar-refractivity contribution in [3.63, 3.8) is 0 Å². The molecular weight excluding hydrogens is 220 g/mol. The number of fused-ring (bicyclic) bond motifs is 1. The molecule has 0 fully saturated rings. The lowest BCUT2D eigenvalue weighted by molar-refractivity contribution is -0.136. The van der Waals surface area contributed by atoms with Crippen molar-refractivity contribution in [2.75, 3.05) is 0 Å². The number of primary amides is 1. The van der Waals surface area contributed by atoms with Crippen molar-refractivity contribution < 1.29 is 14.7 Å². The van der Waals surface area contributed by atoms with Crippen LogP contribution in [0, 0.1) is 0 Å². The second-order valence-electron chi connectivity index (χ2n) is 3.82. The molecular formula is C12H12N2O3. The molecule has 1 aromatic carbocycles. The average Bonchev–Trinajstić information content (AvgIpc) is 2.55. The first-order valence-corrected chi connectivity index (χ1v) is 5.15. The van der Waals surface area contributed by atoms with Gasteiger partial charge in [-0.3, -0.25) is 9.59 Å². The molecule has 0 saturated carbocycles. The number of aliphatic carboxylic acids is 1. The molecule has 0 radical (unpaired) electrons. The summed E-state index contributed by atoms with van der Waals surface area (Å²) in [6.45, 7) is -0.00384. The first-order valence-electron chi connectivity index (χ1n) is 5.15. The second-order valence-corrected chi connectivity index (χ2v) is 3.82.